The third-order valence-corrected chi connectivity index (χ3v) is 1.60. The SMILES string of the molecule is CCC(N)C(=O)NCc1ncon1. The van der Waals surface area contributed by atoms with Crippen LogP contribution in [0.4, 0.5) is 0 Å². The molecule has 0 saturated carbocycles. The molecule has 1 aromatic rings. The number of hydrogen-bond donors (Lipinski definition) is 2. The summed E-state index contributed by atoms with van der Waals surface area (Å²) >= 11 is 0. The van der Waals surface area contributed by atoms with E-state index in [4.69, 9.17) is 5.73 Å². The molecular weight excluding hydrogens is 172 g/mol. The zero-order valence-corrected chi connectivity index (χ0v) is 7.36. The fourth-order valence-corrected chi connectivity index (χ4v) is 0.753. The fraction of sp³-hybridized carbons (Fsp3) is 0.571. The van der Waals surface area contributed by atoms with E-state index >= 15 is 0 Å². The molecule has 0 fully saturated rings. The Labute approximate surface area is 75.5 Å². The fourth-order valence-electron chi connectivity index (χ4n) is 0.753. The van der Waals surface area contributed by atoms with Gasteiger partial charge in [0.15, 0.2) is 5.82 Å². The lowest BCUT2D eigenvalue weighted by atomic mass is 10.2. The molecule has 0 aliphatic carbocycles. The molecular formula is C7H12N4O2. The second-order valence-electron chi connectivity index (χ2n) is 2.58. The van der Waals surface area contributed by atoms with Gasteiger partial charge in [-0.05, 0) is 6.42 Å². The van der Waals surface area contributed by atoms with Crippen molar-refractivity contribution in [1.29, 1.82) is 0 Å². The van der Waals surface area contributed by atoms with Crippen molar-refractivity contribution in [2.24, 2.45) is 5.73 Å². The molecule has 0 bridgehead atoms. The number of carbonyl (C=O) groups is 1. The number of amides is 1. The molecule has 1 aromatic heterocycles. The van der Waals surface area contributed by atoms with Crippen LogP contribution >= 0.6 is 0 Å². The van der Waals surface area contributed by atoms with E-state index in [0.717, 1.165) is 0 Å². The average molecular weight is 184 g/mol. The molecule has 0 saturated heterocycles. The van der Waals surface area contributed by atoms with E-state index in [2.05, 4.69) is 20.0 Å². The monoisotopic (exact) mass is 184 g/mol. The normalized spacial score (nSPS) is 12.5. The highest BCUT2D eigenvalue weighted by Crippen LogP contribution is 1.89. The lowest BCUT2D eigenvalue weighted by Gasteiger charge is -2.07. The van der Waals surface area contributed by atoms with E-state index in [-0.39, 0.29) is 12.5 Å². The Morgan fingerprint density at radius 3 is 3.15 bits per heavy atom. The molecule has 3 N–H and O–H groups in total. The first-order valence-corrected chi connectivity index (χ1v) is 4.02. The van der Waals surface area contributed by atoms with Crippen LogP contribution < -0.4 is 11.1 Å². The Morgan fingerprint density at radius 2 is 2.62 bits per heavy atom. The Morgan fingerprint density at radius 1 is 1.85 bits per heavy atom. The first-order valence-electron chi connectivity index (χ1n) is 4.02. The van der Waals surface area contributed by atoms with E-state index in [1.807, 2.05) is 6.92 Å². The maximum atomic E-state index is 11.1. The lowest BCUT2D eigenvalue weighted by molar-refractivity contribution is -0.122. The average Bonchev–Trinajstić information content (AvgIpc) is 2.65. The predicted octanol–water partition coefficient (Wildman–Crippen LogP) is -0.577. The summed E-state index contributed by atoms with van der Waals surface area (Å²) in [5.41, 5.74) is 5.48. The minimum absolute atomic E-state index is 0.202. The van der Waals surface area contributed by atoms with Gasteiger partial charge >= 0.3 is 0 Å². The third kappa shape index (κ3) is 2.83. The van der Waals surface area contributed by atoms with Crippen LogP contribution in [0.2, 0.25) is 0 Å². The van der Waals surface area contributed by atoms with Crippen LogP contribution in [0.25, 0.3) is 0 Å². The van der Waals surface area contributed by atoms with Crippen molar-refractivity contribution in [2.75, 3.05) is 0 Å². The molecule has 0 aliphatic heterocycles. The van der Waals surface area contributed by atoms with Gasteiger partial charge in [-0.15, -0.1) is 0 Å². The quantitative estimate of drug-likeness (QED) is 0.653. The molecule has 0 aliphatic rings. The van der Waals surface area contributed by atoms with Crippen molar-refractivity contribution >= 4 is 5.91 Å². The van der Waals surface area contributed by atoms with Crippen LogP contribution in [0.15, 0.2) is 10.9 Å². The van der Waals surface area contributed by atoms with Crippen molar-refractivity contribution < 1.29 is 9.32 Å². The largest absolute Gasteiger partial charge is 0.347 e. The maximum Gasteiger partial charge on any atom is 0.237 e. The number of nitrogens with one attached hydrogen (secondary N) is 1. The van der Waals surface area contributed by atoms with E-state index in [1.54, 1.807) is 0 Å². The molecule has 1 unspecified atom stereocenters. The Bertz CT molecular complexity index is 259. The van der Waals surface area contributed by atoms with Gasteiger partial charge in [0.2, 0.25) is 12.3 Å². The zero-order chi connectivity index (χ0) is 9.68. The minimum Gasteiger partial charge on any atom is -0.347 e. The molecule has 6 nitrogen and oxygen atoms in total. The van der Waals surface area contributed by atoms with Gasteiger partial charge < -0.3 is 15.6 Å². The number of hydrogen-bond acceptors (Lipinski definition) is 5. The van der Waals surface area contributed by atoms with Crippen LogP contribution in [0.1, 0.15) is 19.2 Å². The zero-order valence-electron chi connectivity index (χ0n) is 7.36. The summed E-state index contributed by atoms with van der Waals surface area (Å²) in [6.07, 6.45) is 1.82. The predicted molar refractivity (Wildman–Crippen MR) is 44.4 cm³/mol. The Kier molecular flexibility index (Phi) is 3.39. The summed E-state index contributed by atoms with van der Waals surface area (Å²) in [5, 5.41) is 6.12. The van der Waals surface area contributed by atoms with Gasteiger partial charge in [-0.1, -0.05) is 12.1 Å². The standard InChI is InChI=1S/C7H12N4O2/c1-2-5(8)7(12)9-3-6-10-4-13-11-6/h4-5H,2-3,8H2,1H3,(H,9,12). The van der Waals surface area contributed by atoms with Gasteiger partial charge in [0, 0.05) is 0 Å². The first kappa shape index (κ1) is 9.66. The molecule has 1 rings (SSSR count). The molecule has 1 heterocycles. The summed E-state index contributed by atoms with van der Waals surface area (Å²) < 4.78 is 4.49. The Balaban J connectivity index is 2.31. The van der Waals surface area contributed by atoms with Crippen LogP contribution in [-0.2, 0) is 11.3 Å². The Hall–Kier alpha value is -1.43. The summed E-state index contributed by atoms with van der Waals surface area (Å²) in [6, 6.07) is -0.466. The van der Waals surface area contributed by atoms with Gasteiger partial charge in [0.25, 0.3) is 0 Å². The number of nitrogens with two attached hydrogens (primary N) is 1. The maximum absolute atomic E-state index is 11.1. The van der Waals surface area contributed by atoms with Gasteiger partial charge in [0.1, 0.15) is 0 Å². The van der Waals surface area contributed by atoms with Gasteiger partial charge in [-0.25, -0.2) is 0 Å². The van der Waals surface area contributed by atoms with Crippen molar-refractivity contribution in [2.45, 2.75) is 25.9 Å². The van der Waals surface area contributed by atoms with E-state index in [9.17, 15) is 4.79 Å². The topological polar surface area (TPSA) is 94.0 Å². The molecule has 0 aromatic carbocycles. The van der Waals surface area contributed by atoms with Crippen molar-refractivity contribution in [1.82, 2.24) is 15.5 Å². The first-order chi connectivity index (χ1) is 6.24. The van der Waals surface area contributed by atoms with Crippen LogP contribution in [0.3, 0.4) is 0 Å². The molecule has 1 amide bonds. The van der Waals surface area contributed by atoms with Crippen LogP contribution in [0.5, 0.6) is 0 Å². The van der Waals surface area contributed by atoms with Gasteiger partial charge in [-0.2, -0.15) is 4.98 Å². The summed E-state index contributed by atoms with van der Waals surface area (Å²) in [4.78, 5) is 14.9. The smallest absolute Gasteiger partial charge is 0.237 e. The van der Waals surface area contributed by atoms with Crippen LogP contribution in [0, 0.1) is 0 Å². The van der Waals surface area contributed by atoms with Crippen LogP contribution in [-0.4, -0.2) is 22.1 Å². The number of nitrogens with zero attached hydrogens (tertiary/aromatic N) is 2. The molecule has 72 valence electrons. The van der Waals surface area contributed by atoms with E-state index < -0.39 is 6.04 Å². The highest BCUT2D eigenvalue weighted by molar-refractivity contribution is 5.81. The van der Waals surface area contributed by atoms with Gasteiger partial charge in [0.05, 0.1) is 12.6 Å². The summed E-state index contributed by atoms with van der Waals surface area (Å²) in [6.45, 7) is 2.10. The highest BCUT2D eigenvalue weighted by Gasteiger charge is 2.10. The summed E-state index contributed by atoms with van der Waals surface area (Å²) in [5.74, 6) is 0.240. The molecule has 6 heteroatoms. The molecule has 0 spiro atoms. The number of carbonyl (C=O) groups excluding carboxylic acids is 1. The molecule has 13 heavy (non-hydrogen) atoms. The lowest BCUT2D eigenvalue weighted by Crippen LogP contribution is -2.39. The van der Waals surface area contributed by atoms with E-state index in [0.29, 0.717) is 12.2 Å². The van der Waals surface area contributed by atoms with Crippen molar-refractivity contribution in [3.05, 3.63) is 12.2 Å². The second-order valence-corrected chi connectivity index (χ2v) is 2.58. The minimum atomic E-state index is -0.466. The van der Waals surface area contributed by atoms with Crippen molar-refractivity contribution in [3.63, 3.8) is 0 Å². The second kappa shape index (κ2) is 4.56. The molecule has 1 atom stereocenters. The highest BCUT2D eigenvalue weighted by atomic mass is 16.5. The van der Waals surface area contributed by atoms with Crippen molar-refractivity contribution in [3.8, 4) is 0 Å². The third-order valence-electron chi connectivity index (χ3n) is 1.60. The molecule has 0 radical (unpaired) electrons. The van der Waals surface area contributed by atoms with Gasteiger partial charge in [-0.3, -0.25) is 4.79 Å². The summed E-state index contributed by atoms with van der Waals surface area (Å²) in [7, 11) is 0. The number of aromatic nitrogens is 2. The van der Waals surface area contributed by atoms with E-state index in [1.165, 1.54) is 6.39 Å². The number of rotatable bonds is 4.